The SMILES string of the molecule is O=Cc1c[nH]c2c(COCc3ccccc3)cccc12. The maximum absolute atomic E-state index is 10.9. The summed E-state index contributed by atoms with van der Waals surface area (Å²) in [5.74, 6) is 0. The number of ether oxygens (including phenoxy) is 1. The van der Waals surface area contributed by atoms with Crippen LogP contribution in [0.25, 0.3) is 10.9 Å². The summed E-state index contributed by atoms with van der Waals surface area (Å²) >= 11 is 0. The van der Waals surface area contributed by atoms with E-state index in [4.69, 9.17) is 4.74 Å². The molecule has 2 aromatic carbocycles. The first-order chi connectivity index (χ1) is 9.88. The molecule has 20 heavy (non-hydrogen) atoms. The Bertz CT molecular complexity index is 716. The number of carbonyl (C=O) groups is 1. The molecule has 1 aromatic heterocycles. The zero-order valence-electron chi connectivity index (χ0n) is 11.0. The van der Waals surface area contributed by atoms with Gasteiger partial charge in [-0.25, -0.2) is 0 Å². The minimum absolute atomic E-state index is 0.519. The van der Waals surface area contributed by atoms with Gasteiger partial charge in [-0.15, -0.1) is 0 Å². The Morgan fingerprint density at radius 2 is 1.85 bits per heavy atom. The monoisotopic (exact) mass is 265 g/mol. The lowest BCUT2D eigenvalue weighted by Gasteiger charge is -2.06. The molecule has 0 atom stereocenters. The number of nitrogens with one attached hydrogen (secondary N) is 1. The number of carbonyl (C=O) groups excluding carboxylic acids is 1. The molecule has 0 aliphatic carbocycles. The first-order valence-corrected chi connectivity index (χ1v) is 6.54. The Kier molecular flexibility index (Phi) is 3.61. The van der Waals surface area contributed by atoms with Gasteiger partial charge in [0.05, 0.1) is 18.7 Å². The summed E-state index contributed by atoms with van der Waals surface area (Å²) in [6.07, 6.45) is 2.60. The molecule has 3 rings (SSSR count). The molecule has 0 bridgehead atoms. The van der Waals surface area contributed by atoms with E-state index in [9.17, 15) is 4.79 Å². The second-order valence-electron chi connectivity index (χ2n) is 4.68. The molecule has 0 spiro atoms. The van der Waals surface area contributed by atoms with Crippen LogP contribution in [-0.2, 0) is 18.0 Å². The molecule has 0 unspecified atom stereocenters. The second kappa shape index (κ2) is 5.72. The fourth-order valence-electron chi connectivity index (χ4n) is 2.31. The number of para-hydroxylation sites is 1. The van der Waals surface area contributed by atoms with Crippen LogP contribution >= 0.6 is 0 Å². The Morgan fingerprint density at radius 1 is 1.00 bits per heavy atom. The molecule has 1 N–H and O–H groups in total. The van der Waals surface area contributed by atoms with Crippen LogP contribution in [0.1, 0.15) is 21.5 Å². The molecule has 0 fully saturated rings. The van der Waals surface area contributed by atoms with E-state index in [-0.39, 0.29) is 0 Å². The van der Waals surface area contributed by atoms with Crippen LogP contribution in [0, 0.1) is 0 Å². The highest BCUT2D eigenvalue weighted by molar-refractivity contribution is 5.98. The van der Waals surface area contributed by atoms with Gasteiger partial charge in [0, 0.05) is 22.7 Å². The average molecular weight is 265 g/mol. The van der Waals surface area contributed by atoms with E-state index in [1.54, 1.807) is 6.20 Å². The predicted molar refractivity (Wildman–Crippen MR) is 78.6 cm³/mol. The number of aldehydes is 1. The Morgan fingerprint density at radius 3 is 2.65 bits per heavy atom. The highest BCUT2D eigenvalue weighted by Crippen LogP contribution is 2.21. The van der Waals surface area contributed by atoms with Gasteiger partial charge in [-0.1, -0.05) is 48.5 Å². The van der Waals surface area contributed by atoms with Crippen molar-refractivity contribution in [3.63, 3.8) is 0 Å². The van der Waals surface area contributed by atoms with Gasteiger partial charge in [-0.3, -0.25) is 4.79 Å². The lowest BCUT2D eigenvalue weighted by molar-refractivity contribution is 0.108. The smallest absolute Gasteiger partial charge is 0.152 e. The van der Waals surface area contributed by atoms with Gasteiger partial charge in [0.2, 0.25) is 0 Å². The van der Waals surface area contributed by atoms with Crippen molar-refractivity contribution in [2.24, 2.45) is 0 Å². The molecule has 0 saturated carbocycles. The van der Waals surface area contributed by atoms with E-state index >= 15 is 0 Å². The molecule has 0 saturated heterocycles. The molecule has 3 heteroatoms. The van der Waals surface area contributed by atoms with Crippen molar-refractivity contribution in [2.45, 2.75) is 13.2 Å². The zero-order chi connectivity index (χ0) is 13.8. The van der Waals surface area contributed by atoms with Crippen LogP contribution in [0.3, 0.4) is 0 Å². The van der Waals surface area contributed by atoms with E-state index in [1.807, 2.05) is 48.5 Å². The van der Waals surface area contributed by atoms with Gasteiger partial charge in [0.1, 0.15) is 0 Å². The third kappa shape index (κ3) is 2.49. The number of fused-ring (bicyclic) bond motifs is 1. The first kappa shape index (κ1) is 12.6. The summed E-state index contributed by atoms with van der Waals surface area (Å²) in [5.41, 5.74) is 3.87. The first-order valence-electron chi connectivity index (χ1n) is 6.54. The molecule has 3 nitrogen and oxygen atoms in total. The molecule has 0 aliphatic heterocycles. The Hall–Kier alpha value is -2.39. The molecule has 3 aromatic rings. The van der Waals surface area contributed by atoms with Crippen molar-refractivity contribution in [1.82, 2.24) is 4.98 Å². The van der Waals surface area contributed by atoms with Crippen molar-refractivity contribution in [3.05, 3.63) is 71.4 Å². The molecule has 100 valence electrons. The number of H-pyrrole nitrogens is 1. The van der Waals surface area contributed by atoms with Crippen LogP contribution in [-0.4, -0.2) is 11.3 Å². The van der Waals surface area contributed by atoms with E-state index in [2.05, 4.69) is 4.98 Å². The molecule has 1 heterocycles. The van der Waals surface area contributed by atoms with E-state index in [0.29, 0.717) is 18.8 Å². The quantitative estimate of drug-likeness (QED) is 0.715. The van der Waals surface area contributed by atoms with Gasteiger partial charge in [-0.2, -0.15) is 0 Å². The van der Waals surface area contributed by atoms with E-state index < -0.39 is 0 Å². The van der Waals surface area contributed by atoms with Crippen LogP contribution in [0.5, 0.6) is 0 Å². The fourth-order valence-corrected chi connectivity index (χ4v) is 2.31. The molecular weight excluding hydrogens is 250 g/mol. The zero-order valence-corrected chi connectivity index (χ0v) is 11.0. The third-order valence-electron chi connectivity index (χ3n) is 3.33. The van der Waals surface area contributed by atoms with Crippen molar-refractivity contribution in [3.8, 4) is 0 Å². The largest absolute Gasteiger partial charge is 0.372 e. The number of benzene rings is 2. The second-order valence-corrected chi connectivity index (χ2v) is 4.68. The number of aromatic nitrogens is 1. The lowest BCUT2D eigenvalue weighted by Crippen LogP contribution is -1.95. The van der Waals surface area contributed by atoms with Crippen molar-refractivity contribution < 1.29 is 9.53 Å². The number of hydrogen-bond donors (Lipinski definition) is 1. The molecule has 0 amide bonds. The maximum atomic E-state index is 10.9. The normalized spacial score (nSPS) is 10.8. The Labute approximate surface area is 117 Å². The minimum atomic E-state index is 0.519. The minimum Gasteiger partial charge on any atom is -0.372 e. The van der Waals surface area contributed by atoms with Crippen molar-refractivity contribution in [2.75, 3.05) is 0 Å². The van der Waals surface area contributed by atoms with Gasteiger partial charge < -0.3 is 9.72 Å². The topological polar surface area (TPSA) is 42.1 Å². The van der Waals surface area contributed by atoms with E-state index in [0.717, 1.165) is 28.3 Å². The van der Waals surface area contributed by atoms with Crippen LogP contribution in [0.15, 0.2) is 54.7 Å². The van der Waals surface area contributed by atoms with E-state index in [1.165, 1.54) is 0 Å². The predicted octanol–water partition coefficient (Wildman–Crippen LogP) is 3.70. The van der Waals surface area contributed by atoms with Crippen molar-refractivity contribution >= 4 is 17.2 Å². The lowest BCUT2D eigenvalue weighted by atomic mass is 10.1. The van der Waals surface area contributed by atoms with Gasteiger partial charge in [0.25, 0.3) is 0 Å². The van der Waals surface area contributed by atoms with Gasteiger partial charge in [-0.05, 0) is 5.56 Å². The van der Waals surface area contributed by atoms with Crippen molar-refractivity contribution in [1.29, 1.82) is 0 Å². The summed E-state index contributed by atoms with van der Waals surface area (Å²) in [5, 5.41) is 0.945. The average Bonchev–Trinajstić information content (AvgIpc) is 2.92. The number of aromatic amines is 1. The van der Waals surface area contributed by atoms with Crippen LogP contribution in [0.4, 0.5) is 0 Å². The highest BCUT2D eigenvalue weighted by atomic mass is 16.5. The molecular formula is C17H15NO2. The van der Waals surface area contributed by atoms with Crippen LogP contribution in [0.2, 0.25) is 0 Å². The Balaban J connectivity index is 1.75. The standard InChI is InChI=1S/C17H15NO2/c19-10-15-9-18-17-14(7-4-8-16(15)17)12-20-11-13-5-2-1-3-6-13/h1-10,18H,11-12H2. The van der Waals surface area contributed by atoms with Gasteiger partial charge in [0.15, 0.2) is 6.29 Å². The van der Waals surface area contributed by atoms with Crippen LogP contribution < -0.4 is 0 Å². The third-order valence-corrected chi connectivity index (χ3v) is 3.33. The summed E-state index contributed by atoms with van der Waals surface area (Å²) in [4.78, 5) is 14.1. The maximum Gasteiger partial charge on any atom is 0.152 e. The molecule has 0 aliphatic rings. The summed E-state index contributed by atoms with van der Waals surface area (Å²) < 4.78 is 5.75. The summed E-state index contributed by atoms with van der Waals surface area (Å²) in [6, 6.07) is 16.0. The highest BCUT2D eigenvalue weighted by Gasteiger charge is 2.06. The fraction of sp³-hybridized carbons (Fsp3) is 0.118. The summed E-state index contributed by atoms with van der Waals surface area (Å²) in [6.45, 7) is 1.10. The molecule has 0 radical (unpaired) electrons. The summed E-state index contributed by atoms with van der Waals surface area (Å²) in [7, 11) is 0. The van der Waals surface area contributed by atoms with Gasteiger partial charge >= 0.3 is 0 Å². The number of hydrogen-bond acceptors (Lipinski definition) is 2. The number of rotatable bonds is 5.